The van der Waals surface area contributed by atoms with Crippen LogP contribution in [0.2, 0.25) is 0 Å². The average Bonchev–Trinajstić information content (AvgIpc) is 2.82. The Hall–Kier alpha value is -1.51. The molecule has 2 aromatic rings. The van der Waals surface area contributed by atoms with Gasteiger partial charge in [0, 0.05) is 31.4 Å². The topological polar surface area (TPSA) is 75.2 Å². The van der Waals surface area contributed by atoms with Gasteiger partial charge in [-0.1, -0.05) is 0 Å². The SMILES string of the molecule is Cc1cnc(CNc2ccc(S(=O)(=O)N(C)C)cn2)s1. The first-order valence-electron chi connectivity index (χ1n) is 5.93. The second kappa shape index (κ2) is 5.86. The van der Waals surface area contributed by atoms with Gasteiger partial charge < -0.3 is 5.32 Å². The number of hydrogen-bond acceptors (Lipinski definition) is 6. The molecule has 2 heterocycles. The molecule has 0 fully saturated rings. The lowest BCUT2D eigenvalue weighted by molar-refractivity contribution is 0.520. The molecule has 0 amide bonds. The van der Waals surface area contributed by atoms with E-state index in [9.17, 15) is 8.42 Å². The van der Waals surface area contributed by atoms with Crippen LogP contribution < -0.4 is 5.32 Å². The smallest absolute Gasteiger partial charge is 0.244 e. The van der Waals surface area contributed by atoms with Crippen molar-refractivity contribution in [1.29, 1.82) is 0 Å². The third-order valence-electron chi connectivity index (χ3n) is 2.60. The first-order valence-corrected chi connectivity index (χ1v) is 8.19. The Labute approximate surface area is 122 Å². The maximum Gasteiger partial charge on any atom is 0.244 e. The van der Waals surface area contributed by atoms with Gasteiger partial charge >= 0.3 is 0 Å². The monoisotopic (exact) mass is 312 g/mol. The van der Waals surface area contributed by atoms with Crippen molar-refractivity contribution in [1.82, 2.24) is 14.3 Å². The summed E-state index contributed by atoms with van der Waals surface area (Å²) in [7, 11) is -0.440. The van der Waals surface area contributed by atoms with Gasteiger partial charge in [-0.05, 0) is 19.1 Å². The van der Waals surface area contributed by atoms with Crippen molar-refractivity contribution < 1.29 is 8.42 Å². The molecule has 0 saturated heterocycles. The lowest BCUT2D eigenvalue weighted by atomic mass is 10.4. The molecule has 0 atom stereocenters. The highest BCUT2D eigenvalue weighted by Gasteiger charge is 2.17. The number of rotatable bonds is 5. The van der Waals surface area contributed by atoms with Crippen molar-refractivity contribution in [3.05, 3.63) is 34.4 Å². The molecule has 2 aromatic heterocycles. The first kappa shape index (κ1) is 14.9. The molecular formula is C12H16N4O2S2. The van der Waals surface area contributed by atoms with E-state index in [1.54, 1.807) is 17.4 Å². The van der Waals surface area contributed by atoms with Crippen molar-refractivity contribution in [2.75, 3.05) is 19.4 Å². The van der Waals surface area contributed by atoms with Crippen LogP contribution in [0.15, 0.2) is 29.4 Å². The molecule has 0 aliphatic rings. The molecule has 8 heteroatoms. The van der Waals surface area contributed by atoms with Gasteiger partial charge in [0.25, 0.3) is 0 Å². The van der Waals surface area contributed by atoms with Crippen LogP contribution >= 0.6 is 11.3 Å². The van der Waals surface area contributed by atoms with Crippen molar-refractivity contribution in [2.24, 2.45) is 0 Å². The van der Waals surface area contributed by atoms with Gasteiger partial charge in [-0.15, -0.1) is 11.3 Å². The number of nitrogens with zero attached hydrogens (tertiary/aromatic N) is 3. The van der Waals surface area contributed by atoms with E-state index in [0.29, 0.717) is 12.4 Å². The molecule has 0 aliphatic heterocycles. The summed E-state index contributed by atoms with van der Waals surface area (Å²) < 4.78 is 24.9. The Kier molecular flexibility index (Phi) is 4.36. The summed E-state index contributed by atoms with van der Waals surface area (Å²) in [4.78, 5) is 9.68. The van der Waals surface area contributed by atoms with E-state index in [1.807, 2.05) is 13.1 Å². The minimum absolute atomic E-state index is 0.179. The quantitative estimate of drug-likeness (QED) is 0.909. The number of pyridine rings is 1. The molecule has 108 valence electrons. The summed E-state index contributed by atoms with van der Waals surface area (Å²) in [5, 5.41) is 4.08. The van der Waals surface area contributed by atoms with E-state index in [-0.39, 0.29) is 4.90 Å². The fourth-order valence-electron chi connectivity index (χ4n) is 1.50. The normalized spacial score (nSPS) is 11.8. The maximum atomic E-state index is 11.9. The Morgan fingerprint density at radius 3 is 2.50 bits per heavy atom. The highest BCUT2D eigenvalue weighted by molar-refractivity contribution is 7.89. The summed E-state index contributed by atoms with van der Waals surface area (Å²) >= 11 is 1.61. The molecule has 2 rings (SSSR count). The number of aryl methyl sites for hydroxylation is 1. The third kappa shape index (κ3) is 3.33. The van der Waals surface area contributed by atoms with Crippen LogP contribution in [0, 0.1) is 6.92 Å². The zero-order chi connectivity index (χ0) is 14.8. The van der Waals surface area contributed by atoms with Gasteiger partial charge in [0.2, 0.25) is 10.0 Å². The van der Waals surface area contributed by atoms with Gasteiger partial charge in [-0.25, -0.2) is 22.7 Å². The lowest BCUT2D eigenvalue weighted by Crippen LogP contribution is -2.22. The van der Waals surface area contributed by atoms with E-state index >= 15 is 0 Å². The van der Waals surface area contributed by atoms with Crippen LogP contribution in [-0.2, 0) is 16.6 Å². The molecule has 0 unspecified atom stereocenters. The van der Waals surface area contributed by atoms with Crippen molar-refractivity contribution in [3.63, 3.8) is 0 Å². The predicted molar refractivity (Wildman–Crippen MR) is 79.3 cm³/mol. The van der Waals surface area contributed by atoms with E-state index in [1.165, 1.54) is 26.4 Å². The standard InChI is InChI=1S/C12H16N4O2S2/c1-9-6-15-12(19-9)8-14-11-5-4-10(7-13-11)20(17,18)16(2)3/h4-7H,8H2,1-3H3,(H,13,14). The molecule has 0 spiro atoms. The van der Waals surface area contributed by atoms with Crippen LogP contribution in [0.1, 0.15) is 9.88 Å². The molecule has 6 nitrogen and oxygen atoms in total. The Morgan fingerprint density at radius 2 is 2.00 bits per heavy atom. The summed E-state index contributed by atoms with van der Waals surface area (Å²) in [6, 6.07) is 3.19. The fourth-order valence-corrected chi connectivity index (χ4v) is 3.07. The van der Waals surface area contributed by atoms with Crippen molar-refractivity contribution >= 4 is 27.2 Å². The van der Waals surface area contributed by atoms with E-state index < -0.39 is 10.0 Å². The van der Waals surface area contributed by atoms with E-state index in [2.05, 4.69) is 15.3 Å². The minimum atomic E-state index is -3.42. The van der Waals surface area contributed by atoms with Crippen LogP contribution in [0.3, 0.4) is 0 Å². The summed E-state index contributed by atoms with van der Waals surface area (Å²) in [5.41, 5.74) is 0. The highest BCUT2D eigenvalue weighted by atomic mass is 32.2. The number of hydrogen-bond donors (Lipinski definition) is 1. The molecule has 0 aromatic carbocycles. The maximum absolute atomic E-state index is 11.9. The number of aromatic nitrogens is 2. The molecule has 0 saturated carbocycles. The van der Waals surface area contributed by atoms with Gasteiger partial charge in [-0.3, -0.25) is 0 Å². The zero-order valence-electron chi connectivity index (χ0n) is 11.5. The number of sulfonamides is 1. The largest absolute Gasteiger partial charge is 0.364 e. The first-order chi connectivity index (χ1) is 9.39. The molecule has 0 aliphatic carbocycles. The molecule has 20 heavy (non-hydrogen) atoms. The van der Waals surface area contributed by atoms with Crippen LogP contribution in [0.4, 0.5) is 5.82 Å². The van der Waals surface area contributed by atoms with Crippen LogP contribution in [0.5, 0.6) is 0 Å². The highest BCUT2D eigenvalue weighted by Crippen LogP contribution is 2.16. The van der Waals surface area contributed by atoms with Crippen LogP contribution in [0.25, 0.3) is 0 Å². The van der Waals surface area contributed by atoms with Crippen molar-refractivity contribution in [3.8, 4) is 0 Å². The van der Waals surface area contributed by atoms with Gasteiger partial charge in [0.15, 0.2) is 0 Å². The molecule has 1 N–H and O–H groups in total. The predicted octanol–water partition coefficient (Wildman–Crippen LogP) is 1.71. The number of thiazole rings is 1. The Bertz CT molecular complexity index is 678. The molecule has 0 radical (unpaired) electrons. The summed E-state index contributed by atoms with van der Waals surface area (Å²) in [5.74, 6) is 0.621. The van der Waals surface area contributed by atoms with Gasteiger partial charge in [0.1, 0.15) is 15.7 Å². The second-order valence-electron chi connectivity index (χ2n) is 4.38. The molecule has 0 bridgehead atoms. The van der Waals surface area contributed by atoms with Crippen LogP contribution in [-0.4, -0.2) is 36.8 Å². The van der Waals surface area contributed by atoms with E-state index in [0.717, 1.165) is 14.2 Å². The third-order valence-corrected chi connectivity index (χ3v) is 5.32. The summed E-state index contributed by atoms with van der Waals surface area (Å²) in [6.45, 7) is 2.58. The number of anilines is 1. The second-order valence-corrected chi connectivity index (χ2v) is 7.86. The number of nitrogens with one attached hydrogen (secondary N) is 1. The van der Waals surface area contributed by atoms with E-state index in [4.69, 9.17) is 0 Å². The summed E-state index contributed by atoms with van der Waals surface area (Å²) in [6.07, 6.45) is 3.17. The fraction of sp³-hybridized carbons (Fsp3) is 0.333. The van der Waals surface area contributed by atoms with Gasteiger partial charge in [-0.2, -0.15) is 0 Å². The zero-order valence-corrected chi connectivity index (χ0v) is 13.1. The molecular weight excluding hydrogens is 296 g/mol. The Balaban J connectivity index is 2.05. The Morgan fingerprint density at radius 1 is 1.25 bits per heavy atom. The van der Waals surface area contributed by atoms with Crippen molar-refractivity contribution in [2.45, 2.75) is 18.4 Å². The lowest BCUT2D eigenvalue weighted by Gasteiger charge is -2.11. The minimum Gasteiger partial charge on any atom is -0.364 e. The van der Waals surface area contributed by atoms with Gasteiger partial charge in [0.05, 0.1) is 6.54 Å². The average molecular weight is 312 g/mol.